The zero-order chi connectivity index (χ0) is 19.6. The van der Waals surface area contributed by atoms with Crippen LogP contribution in [0.15, 0.2) is 47.4 Å². The summed E-state index contributed by atoms with van der Waals surface area (Å²) in [6.45, 7) is 0.748. The van der Waals surface area contributed by atoms with Gasteiger partial charge in [-0.25, -0.2) is 12.8 Å². The first-order valence-corrected chi connectivity index (χ1v) is 9.46. The number of sulfonamides is 1. The van der Waals surface area contributed by atoms with Crippen LogP contribution >= 0.6 is 0 Å². The first-order chi connectivity index (χ1) is 12.8. The maximum Gasteiger partial charge on any atom is 0.295 e. The predicted molar refractivity (Wildman–Crippen MR) is 95.2 cm³/mol. The summed E-state index contributed by atoms with van der Waals surface area (Å²) in [6.07, 6.45) is 0. The van der Waals surface area contributed by atoms with E-state index in [9.17, 15) is 22.9 Å². The van der Waals surface area contributed by atoms with E-state index in [-0.39, 0.29) is 42.4 Å². The second-order valence-corrected chi connectivity index (χ2v) is 7.86. The van der Waals surface area contributed by atoms with Gasteiger partial charge in [0.15, 0.2) is 0 Å². The Bertz CT molecular complexity index is 1010. The maximum absolute atomic E-state index is 13.3. The molecule has 1 heterocycles. The Balaban J connectivity index is 1.77. The fourth-order valence-electron chi connectivity index (χ4n) is 2.93. The van der Waals surface area contributed by atoms with Gasteiger partial charge in [0.2, 0.25) is 10.0 Å². The van der Waals surface area contributed by atoms with E-state index < -0.39 is 20.8 Å². The molecule has 0 aliphatic carbocycles. The van der Waals surface area contributed by atoms with Crippen LogP contribution in [-0.2, 0) is 10.0 Å². The number of piperazine rings is 1. The van der Waals surface area contributed by atoms with Gasteiger partial charge in [-0.2, -0.15) is 9.57 Å². The van der Waals surface area contributed by atoms with E-state index in [1.54, 1.807) is 4.90 Å². The van der Waals surface area contributed by atoms with Crippen LogP contribution in [0.1, 0.15) is 5.56 Å². The molecule has 1 aliphatic rings. The van der Waals surface area contributed by atoms with Crippen molar-refractivity contribution in [1.29, 1.82) is 5.26 Å². The van der Waals surface area contributed by atoms with Gasteiger partial charge in [-0.1, -0.05) is 0 Å². The summed E-state index contributed by atoms with van der Waals surface area (Å²) >= 11 is 0. The standard InChI is InChI=1S/C17H15FN4O4S/c18-14-3-6-16(17(11-14)22(23)24)20-7-9-21(10-8-20)27(25,26)15-4-1-13(12-19)2-5-15/h1-6,11H,7-10H2. The molecule has 1 aliphatic heterocycles. The second kappa shape index (κ2) is 7.30. The summed E-state index contributed by atoms with van der Waals surface area (Å²) in [5, 5.41) is 20.0. The van der Waals surface area contributed by atoms with Crippen molar-refractivity contribution in [2.45, 2.75) is 4.90 Å². The monoisotopic (exact) mass is 390 g/mol. The number of hydrogen-bond acceptors (Lipinski definition) is 6. The van der Waals surface area contributed by atoms with Crippen molar-refractivity contribution in [3.05, 3.63) is 64.0 Å². The average molecular weight is 390 g/mol. The molecule has 2 aromatic carbocycles. The fraction of sp³-hybridized carbons (Fsp3) is 0.235. The van der Waals surface area contributed by atoms with Crippen molar-refractivity contribution < 1.29 is 17.7 Å². The minimum absolute atomic E-state index is 0.0858. The molecule has 0 unspecified atom stereocenters. The van der Waals surface area contributed by atoms with Gasteiger partial charge < -0.3 is 4.90 Å². The van der Waals surface area contributed by atoms with Gasteiger partial charge in [-0.3, -0.25) is 10.1 Å². The fourth-order valence-corrected chi connectivity index (χ4v) is 4.35. The van der Waals surface area contributed by atoms with Crippen LogP contribution in [0.3, 0.4) is 0 Å². The maximum atomic E-state index is 13.3. The third-order valence-corrected chi connectivity index (χ3v) is 6.25. The molecule has 0 aromatic heterocycles. The minimum atomic E-state index is -3.72. The molecule has 0 bridgehead atoms. The number of benzene rings is 2. The number of nitro groups is 1. The molecule has 0 N–H and O–H groups in total. The minimum Gasteiger partial charge on any atom is -0.363 e. The van der Waals surface area contributed by atoms with Crippen molar-refractivity contribution in [3.8, 4) is 6.07 Å². The van der Waals surface area contributed by atoms with Gasteiger partial charge in [-0.05, 0) is 36.4 Å². The summed E-state index contributed by atoms with van der Waals surface area (Å²) in [4.78, 5) is 12.3. The van der Waals surface area contributed by atoms with Crippen LogP contribution in [0, 0.1) is 27.3 Å². The first-order valence-electron chi connectivity index (χ1n) is 8.02. The normalized spacial score (nSPS) is 15.3. The molecule has 0 atom stereocenters. The van der Waals surface area contributed by atoms with Crippen LogP contribution in [-0.4, -0.2) is 43.8 Å². The molecule has 2 aromatic rings. The Hall–Kier alpha value is -3.03. The number of anilines is 1. The van der Waals surface area contributed by atoms with E-state index >= 15 is 0 Å². The summed E-state index contributed by atoms with van der Waals surface area (Å²) in [7, 11) is -3.72. The zero-order valence-electron chi connectivity index (χ0n) is 14.1. The average Bonchev–Trinajstić information content (AvgIpc) is 2.68. The van der Waals surface area contributed by atoms with E-state index in [0.29, 0.717) is 5.56 Å². The second-order valence-electron chi connectivity index (χ2n) is 5.92. The quantitative estimate of drug-likeness (QED) is 0.584. The van der Waals surface area contributed by atoms with E-state index in [2.05, 4.69) is 0 Å². The van der Waals surface area contributed by atoms with Crippen molar-refractivity contribution >= 4 is 21.4 Å². The molecule has 140 valence electrons. The molecule has 3 rings (SSSR count). The number of rotatable bonds is 4. The molecule has 1 saturated heterocycles. The number of hydrogen-bond donors (Lipinski definition) is 0. The topological polar surface area (TPSA) is 108 Å². The van der Waals surface area contributed by atoms with E-state index in [1.165, 1.54) is 34.6 Å². The Kier molecular flexibility index (Phi) is 5.07. The van der Waals surface area contributed by atoms with Gasteiger partial charge >= 0.3 is 0 Å². The predicted octanol–water partition coefficient (Wildman–Crippen LogP) is 2.12. The van der Waals surface area contributed by atoms with Crippen LogP contribution in [0.5, 0.6) is 0 Å². The van der Waals surface area contributed by atoms with Gasteiger partial charge in [0, 0.05) is 26.2 Å². The molecule has 0 spiro atoms. The Labute approximate surface area is 155 Å². The first kappa shape index (κ1) is 18.8. The molecule has 27 heavy (non-hydrogen) atoms. The third-order valence-electron chi connectivity index (χ3n) is 4.33. The van der Waals surface area contributed by atoms with Crippen LogP contribution < -0.4 is 4.90 Å². The molecule has 8 nitrogen and oxygen atoms in total. The van der Waals surface area contributed by atoms with Crippen LogP contribution in [0.2, 0.25) is 0 Å². The number of nitrogens with zero attached hydrogens (tertiary/aromatic N) is 4. The summed E-state index contributed by atoms with van der Waals surface area (Å²) in [5.41, 5.74) is 0.276. The van der Waals surface area contributed by atoms with Crippen LogP contribution in [0.25, 0.3) is 0 Å². The number of halogens is 1. The highest BCUT2D eigenvalue weighted by atomic mass is 32.2. The Morgan fingerprint density at radius 3 is 2.26 bits per heavy atom. The van der Waals surface area contributed by atoms with E-state index in [4.69, 9.17) is 5.26 Å². The van der Waals surface area contributed by atoms with Crippen molar-refractivity contribution in [1.82, 2.24) is 4.31 Å². The summed E-state index contributed by atoms with van der Waals surface area (Å²) < 4.78 is 40.0. The molecule has 0 amide bonds. The smallest absolute Gasteiger partial charge is 0.295 e. The lowest BCUT2D eigenvalue weighted by molar-refractivity contribution is -0.384. The van der Waals surface area contributed by atoms with Gasteiger partial charge in [-0.15, -0.1) is 0 Å². The SMILES string of the molecule is N#Cc1ccc(S(=O)(=O)N2CCN(c3ccc(F)cc3[N+](=O)[O-])CC2)cc1. The van der Waals surface area contributed by atoms with Gasteiger partial charge in [0.05, 0.1) is 27.5 Å². The van der Waals surface area contributed by atoms with Crippen LogP contribution in [0.4, 0.5) is 15.8 Å². The zero-order valence-corrected chi connectivity index (χ0v) is 14.9. The van der Waals surface area contributed by atoms with E-state index in [1.807, 2.05) is 6.07 Å². The molecule has 0 radical (unpaired) electrons. The highest BCUT2D eigenvalue weighted by molar-refractivity contribution is 7.89. The summed E-state index contributed by atoms with van der Waals surface area (Å²) in [5.74, 6) is -0.701. The Morgan fingerprint density at radius 2 is 1.70 bits per heavy atom. The van der Waals surface area contributed by atoms with Crippen molar-refractivity contribution in [2.24, 2.45) is 0 Å². The lowest BCUT2D eigenvalue weighted by Crippen LogP contribution is -2.48. The van der Waals surface area contributed by atoms with Gasteiger partial charge in [0.25, 0.3) is 5.69 Å². The van der Waals surface area contributed by atoms with Crippen molar-refractivity contribution in [3.63, 3.8) is 0 Å². The third kappa shape index (κ3) is 3.74. The van der Waals surface area contributed by atoms with Crippen molar-refractivity contribution in [2.75, 3.05) is 31.1 Å². The lowest BCUT2D eigenvalue weighted by Gasteiger charge is -2.35. The van der Waals surface area contributed by atoms with E-state index in [0.717, 1.165) is 12.1 Å². The highest BCUT2D eigenvalue weighted by Gasteiger charge is 2.30. The largest absolute Gasteiger partial charge is 0.363 e. The lowest BCUT2D eigenvalue weighted by atomic mass is 10.2. The summed E-state index contributed by atoms with van der Waals surface area (Å²) in [6, 6.07) is 10.9. The molecular formula is C17H15FN4O4S. The van der Waals surface area contributed by atoms with Gasteiger partial charge in [0.1, 0.15) is 11.5 Å². The molecule has 0 saturated carbocycles. The number of nitro benzene ring substituents is 1. The molecular weight excluding hydrogens is 375 g/mol. The highest BCUT2D eigenvalue weighted by Crippen LogP contribution is 2.30. The molecule has 10 heteroatoms. The Morgan fingerprint density at radius 1 is 1.07 bits per heavy atom. The number of nitriles is 1. The molecule has 1 fully saturated rings.